The monoisotopic (exact) mass is 420 g/mol. The van der Waals surface area contributed by atoms with Gasteiger partial charge < -0.3 is 14.7 Å². The maximum Gasteiger partial charge on any atom is 0.228 e. The molecule has 0 radical (unpaired) electrons. The Balaban J connectivity index is 1.43. The third-order valence-electron chi connectivity index (χ3n) is 5.00. The van der Waals surface area contributed by atoms with Gasteiger partial charge in [-0.3, -0.25) is 9.97 Å². The summed E-state index contributed by atoms with van der Waals surface area (Å²) in [4.78, 5) is 24.5. The van der Waals surface area contributed by atoms with Crippen LogP contribution in [-0.2, 0) is 0 Å². The van der Waals surface area contributed by atoms with E-state index in [0.29, 0.717) is 11.6 Å². The van der Waals surface area contributed by atoms with Crippen LogP contribution in [0.2, 0.25) is 0 Å². The number of aromatic nitrogens is 6. The standard InChI is InChI=1S/C20H20N8OS/c1-12-10-17(26-20-23-7-9-30-20)25-19(24-12)28-8-3-4-15(28)16-11-14(27-29-16)18-13(2)21-5-6-22-18/h5-7,9-11,15H,3-4,8H2,1-2H3,(H,23,24,25,26)/t15-/m0/s1. The lowest BCUT2D eigenvalue weighted by atomic mass is 10.1. The predicted molar refractivity (Wildman–Crippen MR) is 114 cm³/mol. The summed E-state index contributed by atoms with van der Waals surface area (Å²) in [5.41, 5.74) is 3.14. The number of nitrogens with zero attached hydrogens (tertiary/aromatic N) is 7. The van der Waals surface area contributed by atoms with Gasteiger partial charge in [-0.1, -0.05) is 5.16 Å². The highest BCUT2D eigenvalue weighted by Crippen LogP contribution is 2.36. The molecule has 5 rings (SSSR count). The van der Waals surface area contributed by atoms with Gasteiger partial charge in [-0.15, -0.1) is 11.3 Å². The average Bonchev–Trinajstić information content (AvgIpc) is 3.49. The molecular weight excluding hydrogens is 400 g/mol. The first-order valence-electron chi connectivity index (χ1n) is 9.71. The van der Waals surface area contributed by atoms with Crippen molar-refractivity contribution >= 4 is 28.2 Å². The minimum Gasteiger partial charge on any atom is -0.358 e. The number of rotatable bonds is 5. The summed E-state index contributed by atoms with van der Waals surface area (Å²) in [6.07, 6.45) is 7.07. The average molecular weight is 421 g/mol. The Morgan fingerprint density at radius 3 is 2.83 bits per heavy atom. The van der Waals surface area contributed by atoms with Crippen molar-refractivity contribution in [1.29, 1.82) is 0 Å². The zero-order chi connectivity index (χ0) is 20.5. The van der Waals surface area contributed by atoms with E-state index in [-0.39, 0.29) is 6.04 Å². The minimum atomic E-state index is 0.0257. The maximum atomic E-state index is 5.72. The van der Waals surface area contributed by atoms with Gasteiger partial charge in [0.2, 0.25) is 5.95 Å². The van der Waals surface area contributed by atoms with E-state index in [1.165, 1.54) is 11.3 Å². The second-order valence-electron chi connectivity index (χ2n) is 7.11. The second-order valence-corrected chi connectivity index (χ2v) is 8.01. The van der Waals surface area contributed by atoms with Crippen molar-refractivity contribution in [2.45, 2.75) is 32.7 Å². The Bertz CT molecular complexity index is 1160. The summed E-state index contributed by atoms with van der Waals surface area (Å²) in [5, 5.41) is 10.2. The van der Waals surface area contributed by atoms with E-state index < -0.39 is 0 Å². The van der Waals surface area contributed by atoms with Crippen LogP contribution in [0.15, 0.2) is 40.6 Å². The van der Waals surface area contributed by atoms with E-state index in [4.69, 9.17) is 9.51 Å². The van der Waals surface area contributed by atoms with Gasteiger partial charge in [0.25, 0.3) is 0 Å². The van der Waals surface area contributed by atoms with Crippen molar-refractivity contribution in [2.75, 3.05) is 16.8 Å². The minimum absolute atomic E-state index is 0.0257. The molecule has 10 heteroatoms. The summed E-state index contributed by atoms with van der Waals surface area (Å²) >= 11 is 1.53. The van der Waals surface area contributed by atoms with Crippen LogP contribution in [0.1, 0.15) is 36.0 Å². The van der Waals surface area contributed by atoms with Crippen LogP contribution in [0.3, 0.4) is 0 Å². The van der Waals surface area contributed by atoms with Crippen molar-refractivity contribution in [1.82, 2.24) is 30.1 Å². The van der Waals surface area contributed by atoms with Gasteiger partial charge in [-0.2, -0.15) is 4.98 Å². The van der Waals surface area contributed by atoms with Gasteiger partial charge in [-0.05, 0) is 26.7 Å². The molecule has 4 aromatic heterocycles. The fourth-order valence-electron chi connectivity index (χ4n) is 3.66. The van der Waals surface area contributed by atoms with Crippen LogP contribution < -0.4 is 10.2 Å². The third kappa shape index (κ3) is 3.61. The van der Waals surface area contributed by atoms with Crippen LogP contribution in [0.5, 0.6) is 0 Å². The number of hydrogen-bond donors (Lipinski definition) is 1. The molecule has 9 nitrogen and oxygen atoms in total. The van der Waals surface area contributed by atoms with Crippen molar-refractivity contribution in [3.63, 3.8) is 0 Å². The summed E-state index contributed by atoms with van der Waals surface area (Å²) in [6.45, 7) is 4.73. The highest BCUT2D eigenvalue weighted by molar-refractivity contribution is 7.13. The second kappa shape index (κ2) is 7.79. The quantitative estimate of drug-likeness (QED) is 0.511. The summed E-state index contributed by atoms with van der Waals surface area (Å²) in [7, 11) is 0. The number of anilines is 3. The molecule has 5 heterocycles. The van der Waals surface area contributed by atoms with Crippen LogP contribution in [-0.4, -0.2) is 36.6 Å². The van der Waals surface area contributed by atoms with Crippen molar-refractivity contribution in [2.24, 2.45) is 0 Å². The highest BCUT2D eigenvalue weighted by Gasteiger charge is 2.32. The molecule has 1 aliphatic heterocycles. The summed E-state index contributed by atoms with van der Waals surface area (Å²) in [5.74, 6) is 2.18. The Labute approximate surface area is 177 Å². The summed E-state index contributed by atoms with van der Waals surface area (Å²) < 4.78 is 5.72. The van der Waals surface area contributed by atoms with Crippen LogP contribution in [0.25, 0.3) is 11.4 Å². The largest absolute Gasteiger partial charge is 0.358 e. The highest BCUT2D eigenvalue weighted by atomic mass is 32.1. The molecular formula is C20H20N8OS. The molecule has 0 bridgehead atoms. The van der Waals surface area contributed by atoms with E-state index >= 15 is 0 Å². The first-order valence-corrected chi connectivity index (χ1v) is 10.6. The Kier molecular flexibility index (Phi) is 4.83. The molecule has 1 saturated heterocycles. The third-order valence-corrected chi connectivity index (χ3v) is 5.69. The van der Waals surface area contributed by atoms with E-state index in [9.17, 15) is 0 Å². The molecule has 1 fully saturated rings. The van der Waals surface area contributed by atoms with E-state index in [0.717, 1.165) is 53.2 Å². The van der Waals surface area contributed by atoms with E-state index in [2.05, 4.69) is 35.3 Å². The molecule has 0 saturated carbocycles. The molecule has 0 aromatic carbocycles. The number of hydrogen-bond acceptors (Lipinski definition) is 10. The van der Waals surface area contributed by atoms with Crippen molar-refractivity contribution in [3.8, 4) is 11.4 Å². The molecule has 30 heavy (non-hydrogen) atoms. The molecule has 0 amide bonds. The normalized spacial score (nSPS) is 16.2. The maximum absolute atomic E-state index is 5.72. The summed E-state index contributed by atoms with van der Waals surface area (Å²) in [6, 6.07) is 3.89. The molecule has 0 aliphatic carbocycles. The Hall–Kier alpha value is -3.40. The zero-order valence-corrected chi connectivity index (χ0v) is 17.4. The van der Waals surface area contributed by atoms with Gasteiger partial charge in [0, 0.05) is 48.3 Å². The zero-order valence-electron chi connectivity index (χ0n) is 16.6. The van der Waals surface area contributed by atoms with Crippen LogP contribution in [0.4, 0.5) is 16.9 Å². The molecule has 152 valence electrons. The lowest BCUT2D eigenvalue weighted by Gasteiger charge is -2.23. The van der Waals surface area contributed by atoms with E-state index in [1.807, 2.05) is 31.4 Å². The Morgan fingerprint density at radius 2 is 2.00 bits per heavy atom. The van der Waals surface area contributed by atoms with Crippen molar-refractivity contribution < 1.29 is 4.52 Å². The molecule has 1 aliphatic rings. The van der Waals surface area contributed by atoms with Gasteiger partial charge in [0.05, 0.1) is 11.7 Å². The Morgan fingerprint density at radius 1 is 1.10 bits per heavy atom. The molecule has 0 spiro atoms. The SMILES string of the molecule is Cc1cc(Nc2nccs2)nc(N2CCC[C@H]2c2cc(-c3nccnc3C)no2)n1. The molecule has 1 atom stereocenters. The van der Waals surface area contributed by atoms with Crippen molar-refractivity contribution in [3.05, 3.63) is 53.3 Å². The fraction of sp³-hybridized carbons (Fsp3) is 0.300. The first kappa shape index (κ1) is 18.6. The van der Waals surface area contributed by atoms with Gasteiger partial charge in [0.15, 0.2) is 10.9 Å². The lowest BCUT2D eigenvalue weighted by Crippen LogP contribution is -2.25. The number of nitrogens with one attached hydrogen (secondary N) is 1. The van der Waals surface area contributed by atoms with E-state index in [1.54, 1.807) is 18.6 Å². The number of aryl methyl sites for hydroxylation is 2. The predicted octanol–water partition coefficient (Wildman–Crippen LogP) is 4.08. The van der Waals surface area contributed by atoms with Gasteiger partial charge >= 0.3 is 0 Å². The molecule has 4 aromatic rings. The van der Waals surface area contributed by atoms with Crippen LogP contribution in [0, 0.1) is 13.8 Å². The topological polar surface area (TPSA) is 106 Å². The lowest BCUT2D eigenvalue weighted by molar-refractivity contribution is 0.362. The smallest absolute Gasteiger partial charge is 0.228 e. The number of thiazole rings is 1. The molecule has 1 N–H and O–H groups in total. The van der Waals surface area contributed by atoms with Crippen LogP contribution >= 0.6 is 11.3 Å². The van der Waals surface area contributed by atoms with Gasteiger partial charge in [-0.25, -0.2) is 9.97 Å². The first-order chi connectivity index (χ1) is 14.7. The fourth-order valence-corrected chi connectivity index (χ4v) is 4.19. The van der Waals surface area contributed by atoms with Gasteiger partial charge in [0.1, 0.15) is 17.2 Å². The molecule has 0 unspecified atom stereocenters.